The van der Waals surface area contributed by atoms with Crippen LogP contribution >= 0.6 is 0 Å². The van der Waals surface area contributed by atoms with E-state index in [4.69, 9.17) is 9.47 Å². The van der Waals surface area contributed by atoms with Crippen molar-refractivity contribution < 1.29 is 27.5 Å². The van der Waals surface area contributed by atoms with E-state index in [1.165, 1.54) is 36.5 Å². The smallest absolute Gasteiger partial charge is 0.318 e. The molecule has 1 aromatic heterocycles. The predicted octanol–water partition coefficient (Wildman–Crippen LogP) is 3.93. The number of piperidine rings is 1. The van der Waals surface area contributed by atoms with Gasteiger partial charge in [-0.05, 0) is 96.1 Å². The Bertz CT molecular complexity index is 1920. The molecule has 270 valence electrons. The summed E-state index contributed by atoms with van der Waals surface area (Å²) in [5, 5.41) is 12.9. The lowest BCUT2D eigenvalue weighted by Gasteiger charge is -2.44. The number of para-hydroxylation sites is 1. The lowest BCUT2D eigenvalue weighted by molar-refractivity contribution is -0.121. The SMILES string of the molecule is CCOc1ccccc1S(=O)(=O)N1C(=O)C(NC(=O)N2CCN(C3CCN(C(C)C)CC3)CC2)(c2cccnc2OCC)c2cc(C#N)ccc21. The number of benzene rings is 2. The normalized spacial score (nSPS) is 20.3. The molecule has 3 aromatic rings. The van der Waals surface area contributed by atoms with E-state index in [-0.39, 0.29) is 52.1 Å². The van der Waals surface area contributed by atoms with Gasteiger partial charge < -0.3 is 24.6 Å². The van der Waals surface area contributed by atoms with Crippen molar-refractivity contribution in [3.63, 3.8) is 0 Å². The van der Waals surface area contributed by atoms with Crippen LogP contribution in [0.25, 0.3) is 0 Å². The molecular weight excluding hydrogens is 671 g/mol. The zero-order valence-electron chi connectivity index (χ0n) is 29.5. The third-order valence-electron chi connectivity index (χ3n) is 10.0. The summed E-state index contributed by atoms with van der Waals surface area (Å²) in [5.74, 6) is -0.834. The van der Waals surface area contributed by atoms with Crippen LogP contribution in [0, 0.1) is 11.3 Å². The van der Waals surface area contributed by atoms with Crippen molar-refractivity contribution in [3.05, 3.63) is 77.5 Å². The second-order valence-corrected chi connectivity index (χ2v) is 14.9. The number of hydrogen-bond acceptors (Lipinski definition) is 10. The molecule has 4 heterocycles. The summed E-state index contributed by atoms with van der Waals surface area (Å²) in [7, 11) is -4.63. The number of nitrogens with one attached hydrogen (secondary N) is 1. The van der Waals surface area contributed by atoms with Crippen LogP contribution in [-0.4, -0.2) is 105 Å². The molecule has 0 aliphatic carbocycles. The van der Waals surface area contributed by atoms with Gasteiger partial charge in [-0.1, -0.05) is 12.1 Å². The monoisotopic (exact) mass is 715 g/mol. The molecule has 3 amide bonds. The van der Waals surface area contributed by atoms with Gasteiger partial charge in [-0.25, -0.2) is 18.2 Å². The first kappa shape index (κ1) is 36.1. The number of anilines is 1. The maximum atomic E-state index is 15.2. The first-order chi connectivity index (χ1) is 24.6. The fraction of sp³-hybridized carbons (Fsp3) is 0.459. The molecule has 0 bridgehead atoms. The van der Waals surface area contributed by atoms with Crippen LogP contribution < -0.4 is 19.1 Å². The minimum absolute atomic E-state index is 0.00513. The minimum Gasteiger partial charge on any atom is -0.492 e. The van der Waals surface area contributed by atoms with Crippen LogP contribution in [0.1, 0.15) is 57.2 Å². The molecule has 3 aliphatic heterocycles. The van der Waals surface area contributed by atoms with Gasteiger partial charge in [0.1, 0.15) is 10.6 Å². The van der Waals surface area contributed by atoms with E-state index in [9.17, 15) is 18.5 Å². The van der Waals surface area contributed by atoms with E-state index in [1.807, 2.05) is 0 Å². The number of ether oxygens (including phenoxy) is 2. The first-order valence-corrected chi connectivity index (χ1v) is 19.0. The van der Waals surface area contributed by atoms with Crippen LogP contribution in [0.2, 0.25) is 0 Å². The van der Waals surface area contributed by atoms with Crippen molar-refractivity contribution in [1.82, 2.24) is 25.0 Å². The number of carbonyl (C=O) groups is 2. The van der Waals surface area contributed by atoms with Gasteiger partial charge in [-0.2, -0.15) is 9.57 Å². The lowest BCUT2D eigenvalue weighted by Crippen LogP contribution is -2.61. The van der Waals surface area contributed by atoms with E-state index in [2.05, 4.69) is 40.0 Å². The quantitative estimate of drug-likeness (QED) is 0.328. The Balaban J connectivity index is 1.40. The van der Waals surface area contributed by atoms with Gasteiger partial charge in [0.25, 0.3) is 15.9 Å². The van der Waals surface area contributed by atoms with Crippen molar-refractivity contribution in [3.8, 4) is 17.7 Å². The Morgan fingerprint density at radius 3 is 2.35 bits per heavy atom. The molecule has 14 heteroatoms. The van der Waals surface area contributed by atoms with E-state index in [1.54, 1.807) is 43.0 Å². The van der Waals surface area contributed by atoms with Crippen molar-refractivity contribution >= 4 is 27.6 Å². The maximum Gasteiger partial charge on any atom is 0.318 e. The number of amides is 3. The number of fused-ring (bicyclic) bond motifs is 1. The largest absolute Gasteiger partial charge is 0.492 e. The topological polar surface area (TPSA) is 148 Å². The van der Waals surface area contributed by atoms with E-state index in [0.29, 0.717) is 42.6 Å². The highest BCUT2D eigenvalue weighted by Crippen LogP contribution is 2.49. The standard InChI is InChI=1S/C37H45N7O6S/c1-5-49-32-11-7-8-12-33(32)51(47,48)44-31-14-13-27(25-38)24-30(31)37(35(44)45,29-10-9-17-39-34(29)50-6-2)40-36(46)43-22-20-42(21-23-43)28-15-18-41(19-16-28)26(3)4/h7-14,17,24,26,28H,5-6,15-16,18-23H2,1-4H3,(H,40,46). The summed E-state index contributed by atoms with van der Waals surface area (Å²) < 4.78 is 41.5. The second kappa shape index (κ2) is 14.9. The maximum absolute atomic E-state index is 15.2. The third-order valence-corrected chi connectivity index (χ3v) is 11.8. The summed E-state index contributed by atoms with van der Waals surface area (Å²) in [6.45, 7) is 12.6. The number of aromatic nitrogens is 1. The molecule has 2 saturated heterocycles. The number of piperazine rings is 1. The number of carbonyl (C=O) groups excluding carboxylic acids is 2. The highest BCUT2D eigenvalue weighted by Gasteiger charge is 2.59. The molecule has 0 spiro atoms. The number of likely N-dealkylation sites (tertiary alicyclic amines) is 1. The summed E-state index contributed by atoms with van der Waals surface area (Å²) in [4.78, 5) is 40.3. The van der Waals surface area contributed by atoms with Crippen LogP contribution in [0.4, 0.5) is 10.5 Å². The summed E-state index contributed by atoms with van der Waals surface area (Å²) in [5.41, 5.74) is -1.69. The molecule has 0 radical (unpaired) electrons. The zero-order chi connectivity index (χ0) is 36.3. The number of sulfonamides is 1. The molecule has 51 heavy (non-hydrogen) atoms. The van der Waals surface area contributed by atoms with Crippen molar-refractivity contribution in [2.45, 2.75) is 63.1 Å². The Hall–Kier alpha value is -4.71. The van der Waals surface area contributed by atoms with Crippen LogP contribution in [0.3, 0.4) is 0 Å². The average Bonchev–Trinajstić information content (AvgIpc) is 3.39. The summed E-state index contributed by atoms with van der Waals surface area (Å²) in [6, 6.07) is 16.1. The number of pyridine rings is 1. The molecule has 1 unspecified atom stereocenters. The van der Waals surface area contributed by atoms with Crippen molar-refractivity contribution in [1.29, 1.82) is 5.26 Å². The number of urea groups is 1. The third kappa shape index (κ3) is 6.61. The van der Waals surface area contributed by atoms with E-state index >= 15 is 4.79 Å². The summed E-state index contributed by atoms with van der Waals surface area (Å²) >= 11 is 0. The minimum atomic E-state index is -4.63. The number of hydrogen-bond donors (Lipinski definition) is 1. The fourth-order valence-corrected chi connectivity index (χ4v) is 9.01. The predicted molar refractivity (Wildman–Crippen MR) is 191 cm³/mol. The highest BCUT2D eigenvalue weighted by molar-refractivity contribution is 7.93. The van der Waals surface area contributed by atoms with Crippen LogP contribution in [0.15, 0.2) is 65.7 Å². The first-order valence-electron chi connectivity index (χ1n) is 17.6. The average molecular weight is 716 g/mol. The van der Waals surface area contributed by atoms with E-state index in [0.717, 1.165) is 25.9 Å². The Morgan fingerprint density at radius 2 is 1.69 bits per heavy atom. The van der Waals surface area contributed by atoms with Gasteiger partial charge in [0.05, 0.1) is 36.1 Å². The van der Waals surface area contributed by atoms with Crippen LogP contribution in [-0.2, 0) is 20.4 Å². The number of nitrogens with zero attached hydrogens (tertiary/aromatic N) is 6. The Kier molecular flexibility index (Phi) is 10.5. The molecule has 1 atom stereocenters. The molecular formula is C37H45N7O6S. The molecule has 0 saturated carbocycles. The molecule has 3 aliphatic rings. The van der Waals surface area contributed by atoms with Crippen LogP contribution in [0.5, 0.6) is 11.6 Å². The van der Waals surface area contributed by atoms with E-state index < -0.39 is 27.5 Å². The number of rotatable bonds is 10. The molecule has 1 N–H and O–H groups in total. The second-order valence-electron chi connectivity index (χ2n) is 13.2. The van der Waals surface area contributed by atoms with Crippen molar-refractivity contribution in [2.24, 2.45) is 0 Å². The summed E-state index contributed by atoms with van der Waals surface area (Å²) in [6.07, 6.45) is 3.63. The van der Waals surface area contributed by atoms with Gasteiger partial charge in [-0.3, -0.25) is 9.69 Å². The molecule has 13 nitrogen and oxygen atoms in total. The Labute approximate surface area is 299 Å². The Morgan fingerprint density at radius 1 is 0.980 bits per heavy atom. The highest BCUT2D eigenvalue weighted by atomic mass is 32.2. The zero-order valence-corrected chi connectivity index (χ0v) is 30.4. The van der Waals surface area contributed by atoms with Gasteiger partial charge in [0, 0.05) is 50.0 Å². The van der Waals surface area contributed by atoms with Crippen molar-refractivity contribution in [2.75, 3.05) is 56.8 Å². The number of nitriles is 1. The molecule has 2 fully saturated rings. The lowest BCUT2D eigenvalue weighted by atomic mass is 9.83. The van der Waals surface area contributed by atoms with Gasteiger partial charge in [0.15, 0.2) is 5.54 Å². The van der Waals surface area contributed by atoms with Gasteiger partial charge >= 0.3 is 6.03 Å². The van der Waals surface area contributed by atoms with Gasteiger partial charge in [-0.15, -0.1) is 0 Å². The molecule has 2 aromatic carbocycles. The molecule has 6 rings (SSSR count). The van der Waals surface area contributed by atoms with Gasteiger partial charge in [0.2, 0.25) is 5.88 Å². The fourth-order valence-electron chi connectivity index (χ4n) is 7.41.